The normalized spacial score (nSPS) is 13.4. The monoisotopic (exact) mass is 438 g/mol. The molecule has 0 spiro atoms. The topological polar surface area (TPSA) is 75.7 Å². The maximum Gasteiger partial charge on any atom is 0.244 e. The van der Waals surface area contributed by atoms with Crippen LogP contribution in [0.4, 0.5) is 5.69 Å². The molecule has 0 aliphatic carbocycles. The van der Waals surface area contributed by atoms with E-state index in [1.165, 1.54) is 6.07 Å². The van der Waals surface area contributed by atoms with Gasteiger partial charge in [-0.1, -0.05) is 36.7 Å². The summed E-state index contributed by atoms with van der Waals surface area (Å²) in [6.07, 6.45) is 1.72. The summed E-state index contributed by atoms with van der Waals surface area (Å²) >= 11 is 6.02. The highest BCUT2D eigenvalue weighted by Gasteiger charge is 2.30. The average molecular weight is 439 g/mol. The lowest BCUT2D eigenvalue weighted by atomic mass is 10.0. The predicted molar refractivity (Wildman–Crippen MR) is 117 cm³/mol. The standard InChI is InChI=1S/C21H27ClN2O4S/c1-6-19(16-10-11-20(28-4)14(2)12-16)23-21(25)15(3)24(29(5,26)27)18-9-7-8-17(22)13-18/h7-13,15,19H,6H2,1-5H3,(H,23,25)/t15-,19-/m1/s1. The number of carbonyl (C=O) groups is 1. The quantitative estimate of drug-likeness (QED) is 0.673. The molecule has 158 valence electrons. The Morgan fingerprint density at radius 2 is 1.93 bits per heavy atom. The van der Waals surface area contributed by atoms with Gasteiger partial charge in [-0.15, -0.1) is 0 Å². The van der Waals surface area contributed by atoms with Gasteiger partial charge in [0.05, 0.1) is 25.1 Å². The van der Waals surface area contributed by atoms with Crippen LogP contribution in [0.3, 0.4) is 0 Å². The molecule has 1 amide bonds. The largest absolute Gasteiger partial charge is 0.496 e. The molecule has 0 fully saturated rings. The Labute approximate surface area is 177 Å². The van der Waals surface area contributed by atoms with E-state index < -0.39 is 22.0 Å². The van der Waals surface area contributed by atoms with E-state index in [1.807, 2.05) is 32.0 Å². The lowest BCUT2D eigenvalue weighted by molar-refractivity contribution is -0.122. The Kier molecular flexibility index (Phi) is 7.54. The lowest BCUT2D eigenvalue weighted by Gasteiger charge is -2.30. The second-order valence-electron chi connectivity index (χ2n) is 6.91. The van der Waals surface area contributed by atoms with Gasteiger partial charge in [0.15, 0.2) is 0 Å². The number of benzene rings is 2. The minimum Gasteiger partial charge on any atom is -0.496 e. The first-order chi connectivity index (χ1) is 13.6. The molecule has 0 radical (unpaired) electrons. The van der Waals surface area contributed by atoms with Crippen LogP contribution >= 0.6 is 11.6 Å². The number of anilines is 1. The molecule has 0 unspecified atom stereocenters. The third-order valence-corrected chi connectivity index (χ3v) is 6.17. The van der Waals surface area contributed by atoms with Gasteiger partial charge in [0, 0.05) is 5.02 Å². The summed E-state index contributed by atoms with van der Waals surface area (Å²) in [6.45, 7) is 5.45. The van der Waals surface area contributed by atoms with Crippen LogP contribution in [0.2, 0.25) is 5.02 Å². The van der Waals surface area contributed by atoms with Gasteiger partial charge in [0.25, 0.3) is 0 Å². The Hall–Kier alpha value is -2.25. The number of methoxy groups -OCH3 is 1. The number of hydrogen-bond donors (Lipinski definition) is 1. The van der Waals surface area contributed by atoms with Crippen LogP contribution in [-0.4, -0.2) is 33.7 Å². The second-order valence-corrected chi connectivity index (χ2v) is 9.21. The third kappa shape index (κ3) is 5.64. The Balaban J connectivity index is 2.29. The van der Waals surface area contributed by atoms with Crippen molar-refractivity contribution in [1.82, 2.24) is 5.32 Å². The Bertz CT molecular complexity index is 978. The number of nitrogens with one attached hydrogen (secondary N) is 1. The summed E-state index contributed by atoms with van der Waals surface area (Å²) in [5.41, 5.74) is 2.23. The maximum absolute atomic E-state index is 13.0. The summed E-state index contributed by atoms with van der Waals surface area (Å²) in [6, 6.07) is 11.0. The van der Waals surface area contributed by atoms with Crippen molar-refractivity contribution in [3.8, 4) is 5.75 Å². The van der Waals surface area contributed by atoms with E-state index in [0.717, 1.165) is 27.4 Å². The smallest absolute Gasteiger partial charge is 0.244 e. The molecule has 0 aliphatic heterocycles. The van der Waals surface area contributed by atoms with E-state index >= 15 is 0 Å². The number of sulfonamides is 1. The van der Waals surface area contributed by atoms with Crippen molar-refractivity contribution in [1.29, 1.82) is 0 Å². The van der Waals surface area contributed by atoms with Crippen molar-refractivity contribution in [2.24, 2.45) is 0 Å². The van der Waals surface area contributed by atoms with Crippen molar-refractivity contribution in [3.05, 3.63) is 58.6 Å². The summed E-state index contributed by atoms with van der Waals surface area (Å²) in [5.74, 6) is 0.378. The van der Waals surface area contributed by atoms with Crippen LogP contribution in [0.5, 0.6) is 5.75 Å². The fourth-order valence-corrected chi connectivity index (χ4v) is 4.61. The van der Waals surface area contributed by atoms with Crippen molar-refractivity contribution in [2.75, 3.05) is 17.7 Å². The molecule has 0 saturated heterocycles. The van der Waals surface area contributed by atoms with Crippen LogP contribution in [0, 0.1) is 6.92 Å². The fourth-order valence-electron chi connectivity index (χ4n) is 3.25. The van der Waals surface area contributed by atoms with Gasteiger partial charge in [0.2, 0.25) is 15.9 Å². The van der Waals surface area contributed by atoms with Gasteiger partial charge < -0.3 is 10.1 Å². The molecule has 0 bridgehead atoms. The number of hydrogen-bond acceptors (Lipinski definition) is 4. The van der Waals surface area contributed by atoms with Gasteiger partial charge in [-0.05, 0) is 55.7 Å². The van der Waals surface area contributed by atoms with E-state index in [-0.39, 0.29) is 6.04 Å². The molecule has 1 N–H and O–H groups in total. The molecule has 0 saturated carbocycles. The number of nitrogens with zero attached hydrogens (tertiary/aromatic N) is 1. The van der Waals surface area contributed by atoms with Gasteiger partial charge in [-0.3, -0.25) is 9.10 Å². The third-order valence-electron chi connectivity index (χ3n) is 4.70. The van der Waals surface area contributed by atoms with Gasteiger partial charge in [-0.2, -0.15) is 0 Å². The zero-order valence-electron chi connectivity index (χ0n) is 17.3. The van der Waals surface area contributed by atoms with Gasteiger partial charge >= 0.3 is 0 Å². The van der Waals surface area contributed by atoms with E-state index in [4.69, 9.17) is 16.3 Å². The number of halogens is 1. The molecule has 29 heavy (non-hydrogen) atoms. The van der Waals surface area contributed by atoms with Crippen LogP contribution in [-0.2, 0) is 14.8 Å². The van der Waals surface area contributed by atoms with Crippen molar-refractivity contribution < 1.29 is 17.9 Å². The first-order valence-electron chi connectivity index (χ1n) is 9.28. The van der Waals surface area contributed by atoms with E-state index in [9.17, 15) is 13.2 Å². The summed E-state index contributed by atoms with van der Waals surface area (Å²) in [4.78, 5) is 13.0. The average Bonchev–Trinajstić information content (AvgIpc) is 2.64. The lowest BCUT2D eigenvalue weighted by Crippen LogP contribution is -2.48. The van der Waals surface area contributed by atoms with Crippen LogP contribution in [0.15, 0.2) is 42.5 Å². The number of carbonyl (C=O) groups excluding carboxylic acids is 1. The molecule has 8 heteroatoms. The number of rotatable bonds is 8. The molecule has 0 aliphatic rings. The first kappa shape index (κ1) is 23.0. The Morgan fingerprint density at radius 1 is 1.24 bits per heavy atom. The van der Waals surface area contributed by atoms with E-state index in [2.05, 4.69) is 5.32 Å². The maximum atomic E-state index is 13.0. The van der Waals surface area contributed by atoms with Crippen LogP contribution in [0.1, 0.15) is 37.4 Å². The minimum atomic E-state index is -3.70. The van der Waals surface area contributed by atoms with E-state index in [1.54, 1.807) is 32.2 Å². The molecule has 6 nitrogen and oxygen atoms in total. The molecule has 2 atom stereocenters. The van der Waals surface area contributed by atoms with Crippen LogP contribution < -0.4 is 14.4 Å². The highest BCUT2D eigenvalue weighted by Crippen LogP contribution is 2.26. The highest BCUT2D eigenvalue weighted by molar-refractivity contribution is 7.92. The molecule has 0 heterocycles. The molecular formula is C21H27ClN2O4S. The second kappa shape index (κ2) is 9.50. The predicted octanol–water partition coefficient (Wildman–Crippen LogP) is 4.08. The molecular weight excluding hydrogens is 412 g/mol. The number of amides is 1. The molecule has 2 rings (SSSR count). The van der Waals surface area contributed by atoms with Gasteiger partial charge in [-0.25, -0.2) is 8.42 Å². The summed E-state index contributed by atoms with van der Waals surface area (Å²) in [7, 11) is -2.10. The first-order valence-corrected chi connectivity index (χ1v) is 11.5. The fraction of sp³-hybridized carbons (Fsp3) is 0.381. The van der Waals surface area contributed by atoms with Crippen molar-refractivity contribution in [2.45, 2.75) is 39.3 Å². The molecule has 0 aromatic heterocycles. The number of ether oxygens (including phenoxy) is 1. The zero-order valence-corrected chi connectivity index (χ0v) is 18.8. The summed E-state index contributed by atoms with van der Waals surface area (Å²) < 4.78 is 31.2. The minimum absolute atomic E-state index is 0.254. The van der Waals surface area contributed by atoms with Crippen molar-refractivity contribution >= 4 is 33.2 Å². The SMILES string of the molecule is CC[C@@H](NC(=O)[C@@H](C)N(c1cccc(Cl)c1)S(C)(=O)=O)c1ccc(OC)c(C)c1. The van der Waals surface area contributed by atoms with Gasteiger partial charge in [0.1, 0.15) is 11.8 Å². The van der Waals surface area contributed by atoms with E-state index in [0.29, 0.717) is 17.1 Å². The zero-order chi connectivity index (χ0) is 21.8. The number of aryl methyl sites for hydroxylation is 1. The Morgan fingerprint density at radius 3 is 2.45 bits per heavy atom. The van der Waals surface area contributed by atoms with Crippen LogP contribution in [0.25, 0.3) is 0 Å². The van der Waals surface area contributed by atoms with Crippen molar-refractivity contribution in [3.63, 3.8) is 0 Å². The summed E-state index contributed by atoms with van der Waals surface area (Å²) in [5, 5.41) is 3.36. The molecule has 2 aromatic carbocycles. The highest BCUT2D eigenvalue weighted by atomic mass is 35.5. The molecule has 2 aromatic rings.